The SMILES string of the molecule is CCC(NCc1ccc2c(c1)OCO2)c1ccc(Br)cc1. The molecule has 0 aromatic heterocycles. The summed E-state index contributed by atoms with van der Waals surface area (Å²) >= 11 is 3.47. The molecule has 2 aromatic rings. The predicted molar refractivity (Wildman–Crippen MR) is 86.6 cm³/mol. The molecule has 1 N–H and O–H groups in total. The molecular formula is C17H18BrNO2. The van der Waals surface area contributed by atoms with E-state index in [0.717, 1.165) is 28.9 Å². The van der Waals surface area contributed by atoms with Gasteiger partial charge in [0.15, 0.2) is 11.5 Å². The highest BCUT2D eigenvalue weighted by Crippen LogP contribution is 2.32. The molecule has 2 aromatic carbocycles. The average Bonchev–Trinajstić information content (AvgIpc) is 2.97. The molecule has 1 aliphatic heterocycles. The average molecular weight is 348 g/mol. The molecule has 4 heteroatoms. The zero-order chi connectivity index (χ0) is 14.7. The predicted octanol–water partition coefficient (Wildman–Crippen LogP) is 4.42. The highest BCUT2D eigenvalue weighted by atomic mass is 79.9. The zero-order valence-corrected chi connectivity index (χ0v) is 13.5. The number of ether oxygens (including phenoxy) is 2. The van der Waals surface area contributed by atoms with Gasteiger partial charge in [-0.3, -0.25) is 0 Å². The van der Waals surface area contributed by atoms with Crippen molar-refractivity contribution in [2.45, 2.75) is 25.9 Å². The van der Waals surface area contributed by atoms with Gasteiger partial charge in [0, 0.05) is 17.1 Å². The van der Waals surface area contributed by atoms with Crippen molar-refractivity contribution >= 4 is 15.9 Å². The van der Waals surface area contributed by atoms with Gasteiger partial charge >= 0.3 is 0 Å². The molecule has 1 heterocycles. The number of hydrogen-bond acceptors (Lipinski definition) is 3. The molecule has 3 nitrogen and oxygen atoms in total. The Morgan fingerprint density at radius 2 is 1.86 bits per heavy atom. The molecule has 1 unspecified atom stereocenters. The van der Waals surface area contributed by atoms with Crippen LogP contribution in [0.5, 0.6) is 11.5 Å². The summed E-state index contributed by atoms with van der Waals surface area (Å²) in [6, 6.07) is 14.9. The summed E-state index contributed by atoms with van der Waals surface area (Å²) in [7, 11) is 0. The minimum absolute atomic E-state index is 0.322. The van der Waals surface area contributed by atoms with E-state index in [1.54, 1.807) is 0 Å². The minimum atomic E-state index is 0.322. The van der Waals surface area contributed by atoms with E-state index >= 15 is 0 Å². The van der Waals surface area contributed by atoms with Crippen LogP contribution in [0.25, 0.3) is 0 Å². The number of rotatable bonds is 5. The van der Waals surface area contributed by atoms with Crippen molar-refractivity contribution in [1.82, 2.24) is 5.32 Å². The first-order valence-corrected chi connectivity index (χ1v) is 7.93. The van der Waals surface area contributed by atoms with E-state index in [-0.39, 0.29) is 0 Å². The first kappa shape index (κ1) is 14.4. The number of nitrogens with one attached hydrogen (secondary N) is 1. The fraction of sp³-hybridized carbons (Fsp3) is 0.294. The Bertz CT molecular complexity index is 613. The van der Waals surface area contributed by atoms with Gasteiger partial charge in [-0.25, -0.2) is 0 Å². The molecule has 0 radical (unpaired) electrons. The Morgan fingerprint density at radius 3 is 2.62 bits per heavy atom. The largest absolute Gasteiger partial charge is 0.454 e. The van der Waals surface area contributed by atoms with Crippen molar-refractivity contribution in [2.24, 2.45) is 0 Å². The van der Waals surface area contributed by atoms with Crippen LogP contribution in [-0.2, 0) is 6.54 Å². The summed E-state index contributed by atoms with van der Waals surface area (Å²) in [5.41, 5.74) is 2.51. The van der Waals surface area contributed by atoms with Gasteiger partial charge in [0.05, 0.1) is 0 Å². The molecule has 21 heavy (non-hydrogen) atoms. The van der Waals surface area contributed by atoms with Crippen LogP contribution >= 0.6 is 15.9 Å². The van der Waals surface area contributed by atoms with Gasteiger partial charge < -0.3 is 14.8 Å². The Kier molecular flexibility index (Phi) is 4.46. The second kappa shape index (κ2) is 6.50. The molecule has 1 atom stereocenters. The lowest BCUT2D eigenvalue weighted by Gasteiger charge is -2.18. The maximum atomic E-state index is 5.41. The first-order chi connectivity index (χ1) is 10.3. The summed E-state index contributed by atoms with van der Waals surface area (Å²) in [6.07, 6.45) is 1.05. The third-order valence-corrected chi connectivity index (χ3v) is 4.20. The highest BCUT2D eigenvalue weighted by Gasteiger charge is 2.14. The molecule has 0 saturated heterocycles. The van der Waals surface area contributed by atoms with Gasteiger partial charge in [0.2, 0.25) is 6.79 Å². The van der Waals surface area contributed by atoms with Crippen LogP contribution in [-0.4, -0.2) is 6.79 Å². The van der Waals surface area contributed by atoms with Crippen molar-refractivity contribution in [3.05, 3.63) is 58.1 Å². The van der Waals surface area contributed by atoms with Crippen LogP contribution in [0.1, 0.15) is 30.5 Å². The highest BCUT2D eigenvalue weighted by molar-refractivity contribution is 9.10. The third-order valence-electron chi connectivity index (χ3n) is 3.67. The van der Waals surface area contributed by atoms with Crippen molar-refractivity contribution in [1.29, 1.82) is 0 Å². The fourth-order valence-corrected chi connectivity index (χ4v) is 2.75. The van der Waals surface area contributed by atoms with E-state index in [0.29, 0.717) is 12.8 Å². The van der Waals surface area contributed by atoms with Crippen LogP contribution in [0, 0.1) is 0 Å². The Hall–Kier alpha value is -1.52. The molecule has 110 valence electrons. The van der Waals surface area contributed by atoms with Crippen molar-refractivity contribution in [3.8, 4) is 11.5 Å². The molecule has 0 bridgehead atoms. The van der Waals surface area contributed by atoms with Crippen LogP contribution in [0.4, 0.5) is 0 Å². The van der Waals surface area contributed by atoms with Crippen LogP contribution < -0.4 is 14.8 Å². The second-order valence-electron chi connectivity index (χ2n) is 5.08. The van der Waals surface area contributed by atoms with E-state index in [1.165, 1.54) is 11.1 Å². The zero-order valence-electron chi connectivity index (χ0n) is 11.9. The van der Waals surface area contributed by atoms with E-state index < -0.39 is 0 Å². The molecule has 1 aliphatic rings. The van der Waals surface area contributed by atoms with Crippen LogP contribution in [0.2, 0.25) is 0 Å². The normalized spacial score (nSPS) is 14.2. The summed E-state index contributed by atoms with van der Waals surface area (Å²) in [5.74, 6) is 1.67. The first-order valence-electron chi connectivity index (χ1n) is 7.13. The van der Waals surface area contributed by atoms with Crippen LogP contribution in [0.3, 0.4) is 0 Å². The van der Waals surface area contributed by atoms with E-state index in [4.69, 9.17) is 9.47 Å². The number of benzene rings is 2. The smallest absolute Gasteiger partial charge is 0.231 e. The lowest BCUT2D eigenvalue weighted by Crippen LogP contribution is -2.20. The lowest BCUT2D eigenvalue weighted by atomic mass is 10.0. The number of fused-ring (bicyclic) bond motifs is 1. The Morgan fingerprint density at radius 1 is 1.10 bits per heavy atom. The summed E-state index contributed by atoms with van der Waals surface area (Å²) < 4.78 is 11.9. The van der Waals surface area contributed by atoms with E-state index in [9.17, 15) is 0 Å². The van der Waals surface area contributed by atoms with Gasteiger partial charge in [-0.15, -0.1) is 0 Å². The topological polar surface area (TPSA) is 30.5 Å². The van der Waals surface area contributed by atoms with Gasteiger partial charge in [0.25, 0.3) is 0 Å². The molecule has 0 aliphatic carbocycles. The van der Waals surface area contributed by atoms with Crippen LogP contribution in [0.15, 0.2) is 46.9 Å². The van der Waals surface area contributed by atoms with E-state index in [1.807, 2.05) is 12.1 Å². The maximum Gasteiger partial charge on any atom is 0.231 e. The fourth-order valence-electron chi connectivity index (χ4n) is 2.48. The molecule has 0 saturated carbocycles. The van der Waals surface area contributed by atoms with Crippen molar-refractivity contribution in [2.75, 3.05) is 6.79 Å². The summed E-state index contributed by atoms with van der Waals surface area (Å²) in [6.45, 7) is 3.33. The van der Waals surface area contributed by atoms with E-state index in [2.05, 4.69) is 58.5 Å². The summed E-state index contributed by atoms with van der Waals surface area (Å²) in [5, 5.41) is 3.60. The summed E-state index contributed by atoms with van der Waals surface area (Å²) in [4.78, 5) is 0. The third kappa shape index (κ3) is 3.39. The minimum Gasteiger partial charge on any atom is -0.454 e. The molecule has 0 spiro atoms. The Balaban J connectivity index is 1.66. The van der Waals surface area contributed by atoms with Crippen molar-refractivity contribution in [3.63, 3.8) is 0 Å². The van der Waals surface area contributed by atoms with Crippen molar-refractivity contribution < 1.29 is 9.47 Å². The molecule has 0 fully saturated rings. The Labute approximate surface area is 133 Å². The maximum absolute atomic E-state index is 5.41. The lowest BCUT2D eigenvalue weighted by molar-refractivity contribution is 0.174. The van der Waals surface area contributed by atoms with Gasteiger partial charge in [-0.05, 0) is 41.8 Å². The van der Waals surface area contributed by atoms with Gasteiger partial charge in [0.1, 0.15) is 0 Å². The molecule has 0 amide bonds. The second-order valence-corrected chi connectivity index (χ2v) is 6.00. The number of hydrogen-bond donors (Lipinski definition) is 1. The number of halogens is 1. The molecular weight excluding hydrogens is 330 g/mol. The quantitative estimate of drug-likeness (QED) is 0.868. The van der Waals surface area contributed by atoms with Gasteiger partial charge in [-0.1, -0.05) is 41.1 Å². The van der Waals surface area contributed by atoms with Gasteiger partial charge in [-0.2, -0.15) is 0 Å². The monoisotopic (exact) mass is 347 g/mol. The molecule has 3 rings (SSSR count). The standard InChI is InChI=1S/C17H18BrNO2/c1-2-15(13-4-6-14(18)7-5-13)19-10-12-3-8-16-17(9-12)21-11-20-16/h3-9,15,19H,2,10-11H2,1H3.